The predicted octanol–water partition coefficient (Wildman–Crippen LogP) is 3.34. The number of primary amides is 1. The Balaban J connectivity index is 1.83. The summed E-state index contributed by atoms with van der Waals surface area (Å²) >= 11 is 0.794. The summed E-state index contributed by atoms with van der Waals surface area (Å²) in [6.07, 6.45) is 3.92. The Labute approximate surface area is 214 Å². The van der Waals surface area contributed by atoms with E-state index in [0.717, 1.165) is 42.9 Å². The molecule has 1 aromatic heterocycles. The number of carbonyl (C=O) groups excluding carboxylic acids is 3. The summed E-state index contributed by atoms with van der Waals surface area (Å²) in [5.74, 6) is -1.63. The second-order valence-electron chi connectivity index (χ2n) is 9.03. The van der Waals surface area contributed by atoms with Gasteiger partial charge in [0.1, 0.15) is 10.9 Å². The Kier molecular flexibility index (Phi) is 7.54. The van der Waals surface area contributed by atoms with Crippen LogP contribution in [0.5, 0.6) is 0 Å². The molecule has 0 aliphatic heterocycles. The zero-order valence-corrected chi connectivity index (χ0v) is 21.1. The van der Waals surface area contributed by atoms with Gasteiger partial charge in [-0.25, -0.2) is 0 Å². The zero-order valence-electron chi connectivity index (χ0n) is 20.3. The quantitative estimate of drug-likeness (QED) is 0.429. The Morgan fingerprint density at radius 3 is 2.19 bits per heavy atom. The fraction of sp³-hybridized carbons (Fsp3) is 0.308. The monoisotopic (exact) mass is 506 g/mol. The van der Waals surface area contributed by atoms with Crippen molar-refractivity contribution >= 4 is 46.3 Å². The molecular weight excluding hydrogens is 476 g/mol. The Hall–Kier alpha value is -3.92. The van der Waals surface area contributed by atoms with Crippen molar-refractivity contribution in [3.05, 3.63) is 70.7 Å². The van der Waals surface area contributed by atoms with Crippen LogP contribution in [0.4, 0.5) is 17.1 Å². The number of nitrogens with one attached hydrogen (secondary N) is 1. The highest BCUT2D eigenvalue weighted by molar-refractivity contribution is 7.09. The van der Waals surface area contributed by atoms with Gasteiger partial charge in [-0.15, -0.1) is 0 Å². The van der Waals surface area contributed by atoms with E-state index in [1.807, 2.05) is 49.3 Å². The summed E-state index contributed by atoms with van der Waals surface area (Å²) < 4.78 is 3.99. The van der Waals surface area contributed by atoms with Crippen molar-refractivity contribution in [1.82, 2.24) is 9.69 Å². The van der Waals surface area contributed by atoms with Gasteiger partial charge >= 0.3 is 0 Å². The molecule has 9 nitrogen and oxygen atoms in total. The predicted molar refractivity (Wildman–Crippen MR) is 142 cm³/mol. The molecule has 1 fully saturated rings. The van der Waals surface area contributed by atoms with Crippen molar-refractivity contribution in [3.63, 3.8) is 0 Å². The lowest BCUT2D eigenvalue weighted by atomic mass is 10.0. The van der Waals surface area contributed by atoms with Crippen LogP contribution in [0.1, 0.15) is 57.4 Å². The maximum absolute atomic E-state index is 14.0. The van der Waals surface area contributed by atoms with Gasteiger partial charge in [-0.3, -0.25) is 19.3 Å². The van der Waals surface area contributed by atoms with Crippen molar-refractivity contribution in [2.45, 2.75) is 37.8 Å². The second-order valence-corrected chi connectivity index (χ2v) is 9.80. The average Bonchev–Trinajstić information content (AvgIpc) is 3.52. The van der Waals surface area contributed by atoms with Gasteiger partial charge in [0.15, 0.2) is 5.69 Å². The lowest BCUT2D eigenvalue weighted by Crippen LogP contribution is -2.46. The van der Waals surface area contributed by atoms with E-state index < -0.39 is 17.9 Å². The molecule has 1 aliphatic carbocycles. The maximum atomic E-state index is 14.0. The summed E-state index contributed by atoms with van der Waals surface area (Å²) in [6, 6.07) is 15.5. The molecule has 3 amide bonds. The van der Waals surface area contributed by atoms with Crippen molar-refractivity contribution in [3.8, 4) is 0 Å². The van der Waals surface area contributed by atoms with Crippen molar-refractivity contribution in [1.29, 1.82) is 0 Å². The second kappa shape index (κ2) is 10.8. The molecule has 5 N–H and O–H groups in total. The number of nitrogens with two attached hydrogens (primary N) is 2. The maximum Gasteiger partial charge on any atom is 0.273 e. The molecule has 3 aromatic rings. The number of nitrogen functional groups attached to an aromatic ring is 1. The first-order chi connectivity index (χ1) is 17.3. The Morgan fingerprint density at radius 1 is 1.00 bits per heavy atom. The van der Waals surface area contributed by atoms with Gasteiger partial charge in [0.05, 0.1) is 5.69 Å². The number of aromatic nitrogens is 1. The lowest BCUT2D eigenvalue weighted by Gasteiger charge is -2.32. The lowest BCUT2D eigenvalue weighted by molar-refractivity contribution is -0.123. The molecule has 0 spiro atoms. The minimum Gasteiger partial charge on any atom is -0.395 e. The highest BCUT2D eigenvalue weighted by atomic mass is 32.1. The van der Waals surface area contributed by atoms with Gasteiger partial charge in [0.2, 0.25) is 5.91 Å². The largest absolute Gasteiger partial charge is 0.395 e. The summed E-state index contributed by atoms with van der Waals surface area (Å²) in [6.45, 7) is 0. The van der Waals surface area contributed by atoms with E-state index in [-0.39, 0.29) is 28.2 Å². The van der Waals surface area contributed by atoms with E-state index in [0.29, 0.717) is 11.3 Å². The van der Waals surface area contributed by atoms with Crippen LogP contribution in [0.25, 0.3) is 0 Å². The van der Waals surface area contributed by atoms with E-state index >= 15 is 0 Å². The fourth-order valence-corrected chi connectivity index (χ4v) is 5.18. The molecule has 188 valence electrons. The number of amides is 3. The van der Waals surface area contributed by atoms with Crippen molar-refractivity contribution in [2.75, 3.05) is 29.6 Å². The number of rotatable bonds is 8. The number of anilines is 3. The van der Waals surface area contributed by atoms with Crippen LogP contribution in [0, 0.1) is 0 Å². The molecule has 0 unspecified atom stereocenters. The van der Waals surface area contributed by atoms with Crippen LogP contribution in [-0.4, -0.2) is 42.2 Å². The molecule has 0 radical (unpaired) electrons. The molecular formula is C26H30N6O3S. The molecule has 1 aliphatic rings. The third-order valence-corrected chi connectivity index (χ3v) is 7.19. The van der Waals surface area contributed by atoms with E-state index in [4.69, 9.17) is 11.5 Å². The highest BCUT2D eigenvalue weighted by Crippen LogP contribution is 2.34. The molecule has 10 heteroatoms. The molecule has 2 aromatic carbocycles. The van der Waals surface area contributed by atoms with Gasteiger partial charge < -0.3 is 21.7 Å². The fourth-order valence-electron chi connectivity index (χ4n) is 4.43. The van der Waals surface area contributed by atoms with Crippen molar-refractivity contribution in [2.24, 2.45) is 5.73 Å². The first-order valence-corrected chi connectivity index (χ1v) is 12.6. The number of carbonyl (C=O) groups is 3. The van der Waals surface area contributed by atoms with Crippen LogP contribution in [0.15, 0.2) is 54.6 Å². The molecule has 36 heavy (non-hydrogen) atoms. The molecule has 4 rings (SSSR count). The van der Waals surface area contributed by atoms with Gasteiger partial charge in [-0.1, -0.05) is 43.2 Å². The van der Waals surface area contributed by atoms with Crippen LogP contribution in [-0.2, 0) is 4.79 Å². The number of nitrogens with zero attached hydrogens (tertiary/aromatic N) is 3. The minimum absolute atomic E-state index is 0.0521. The van der Waals surface area contributed by atoms with Crippen LogP contribution < -0.4 is 26.6 Å². The van der Waals surface area contributed by atoms with E-state index in [2.05, 4.69) is 9.69 Å². The SMILES string of the molecule is CN(C)c1ccc([C@H](C(=O)NC2CCCC2)N(C(=O)c2snc(C(N)=O)c2N)c2ccccc2)cc1. The van der Waals surface area contributed by atoms with E-state index in [9.17, 15) is 14.4 Å². The van der Waals surface area contributed by atoms with Crippen LogP contribution in [0.3, 0.4) is 0 Å². The minimum atomic E-state index is -0.977. The smallest absolute Gasteiger partial charge is 0.273 e. The normalized spacial score (nSPS) is 14.3. The summed E-state index contributed by atoms with van der Waals surface area (Å²) in [4.78, 5) is 43.0. The number of hydrogen-bond donors (Lipinski definition) is 3. The third kappa shape index (κ3) is 5.18. The van der Waals surface area contributed by atoms with Crippen LogP contribution >= 0.6 is 11.5 Å². The number of para-hydroxylation sites is 1. The van der Waals surface area contributed by atoms with Gasteiger partial charge in [-0.2, -0.15) is 4.37 Å². The van der Waals surface area contributed by atoms with E-state index in [1.54, 1.807) is 24.3 Å². The first kappa shape index (κ1) is 25.2. The topological polar surface area (TPSA) is 135 Å². The third-order valence-electron chi connectivity index (χ3n) is 6.34. The molecule has 1 heterocycles. The highest BCUT2D eigenvalue weighted by Gasteiger charge is 2.37. The first-order valence-electron chi connectivity index (χ1n) is 11.8. The van der Waals surface area contributed by atoms with Gasteiger partial charge in [0, 0.05) is 31.5 Å². The summed E-state index contributed by atoms with van der Waals surface area (Å²) in [7, 11) is 3.87. The average molecular weight is 507 g/mol. The summed E-state index contributed by atoms with van der Waals surface area (Å²) in [5, 5.41) is 3.15. The zero-order chi connectivity index (χ0) is 25.8. The summed E-state index contributed by atoms with van der Waals surface area (Å²) in [5.41, 5.74) is 13.4. The van der Waals surface area contributed by atoms with Crippen LogP contribution in [0.2, 0.25) is 0 Å². The molecule has 0 saturated heterocycles. The van der Waals surface area contributed by atoms with Gasteiger partial charge in [-0.05, 0) is 54.2 Å². The van der Waals surface area contributed by atoms with E-state index in [1.165, 1.54) is 4.90 Å². The standard InChI is InChI=1S/C26H30N6O3S/c1-31(2)18-14-12-16(13-15-18)22(25(34)29-17-8-6-7-9-17)32(19-10-4-3-5-11-19)26(35)23-20(27)21(24(28)33)30-36-23/h3-5,10-15,17,22H,6-9,27H2,1-2H3,(H2,28,33)(H,29,34)/t22-/m1/s1. The molecule has 1 atom stereocenters. The van der Waals surface area contributed by atoms with Gasteiger partial charge in [0.25, 0.3) is 11.8 Å². The Bertz CT molecular complexity index is 1240. The number of benzene rings is 2. The van der Waals surface area contributed by atoms with Crippen molar-refractivity contribution < 1.29 is 14.4 Å². The molecule has 0 bridgehead atoms. The Morgan fingerprint density at radius 2 is 1.64 bits per heavy atom. The number of hydrogen-bond acceptors (Lipinski definition) is 7. The molecule has 1 saturated carbocycles.